The van der Waals surface area contributed by atoms with E-state index < -0.39 is 57.1 Å². The van der Waals surface area contributed by atoms with Crippen molar-refractivity contribution in [2.45, 2.75) is 186 Å². The molecule has 0 aliphatic carbocycles. The molecule has 1 aliphatic heterocycles. The maximum atomic E-state index is 12.4. The van der Waals surface area contributed by atoms with Crippen LogP contribution in [0.15, 0.2) is 24.3 Å². The van der Waals surface area contributed by atoms with Crippen molar-refractivity contribution in [3.05, 3.63) is 24.3 Å². The van der Waals surface area contributed by atoms with E-state index in [1.165, 1.54) is 51.4 Å². The lowest BCUT2D eigenvalue weighted by Crippen LogP contribution is -2.43. The fourth-order valence-electron chi connectivity index (χ4n) is 6.00. The van der Waals surface area contributed by atoms with Crippen molar-refractivity contribution in [1.82, 2.24) is 0 Å². The Morgan fingerprint density at radius 2 is 1.39 bits per heavy atom. The number of aliphatic hydroxyl groups excluding tert-OH is 3. The van der Waals surface area contributed by atoms with Gasteiger partial charge in [0.2, 0.25) is 0 Å². The molecule has 0 spiro atoms. The number of esters is 2. The smallest absolute Gasteiger partial charge is 0.462 e. The molecule has 1 aliphatic rings. The minimum absolute atomic E-state index is 0.0753. The number of hydrogen-bond acceptors (Lipinski definition) is 10. The summed E-state index contributed by atoms with van der Waals surface area (Å²) >= 11 is 0. The van der Waals surface area contributed by atoms with E-state index in [0.29, 0.717) is 32.1 Å². The van der Waals surface area contributed by atoms with Gasteiger partial charge in [-0.05, 0) is 32.1 Å². The molecule has 51 heavy (non-hydrogen) atoms. The van der Waals surface area contributed by atoms with Crippen molar-refractivity contribution in [1.29, 1.82) is 0 Å². The summed E-state index contributed by atoms with van der Waals surface area (Å²) in [6, 6.07) is 0. The molecule has 5 N–H and O–H groups in total. The van der Waals surface area contributed by atoms with Gasteiger partial charge in [0, 0.05) is 25.2 Å². The number of aliphatic hydroxyl groups is 3. The Morgan fingerprint density at radius 3 is 2.02 bits per heavy atom. The standard InChI is InChI=1S/C38H69O12P/c1-3-5-7-8-9-10-11-12-13-14-15-21-25-37(42)49-32(30-48-51(44,45)46)29-47-36(41)24-20-17-16-19-23-33-34(40)28-38(43)50-35(33)27-26-31(39)22-18-6-4-2/h16,19,26-27,31-35,38-40,43H,3-15,17-18,20-25,28-30H2,1-2H3,(H2,44,45,46)/b19-16-,27-26+/t31-,32+,33-,34-,35+,38?/m0/s1. The Labute approximate surface area is 306 Å². The Balaban J connectivity index is 2.37. The van der Waals surface area contributed by atoms with Gasteiger partial charge in [0.25, 0.3) is 0 Å². The van der Waals surface area contributed by atoms with Crippen LogP contribution in [-0.4, -0.2) is 81.0 Å². The van der Waals surface area contributed by atoms with E-state index in [1.807, 2.05) is 12.2 Å². The van der Waals surface area contributed by atoms with Crippen LogP contribution in [0.3, 0.4) is 0 Å². The highest BCUT2D eigenvalue weighted by Gasteiger charge is 2.35. The summed E-state index contributed by atoms with van der Waals surface area (Å²) < 4.78 is 31.9. The third-order valence-corrected chi connectivity index (χ3v) is 9.50. The Kier molecular flexibility index (Phi) is 27.7. The van der Waals surface area contributed by atoms with E-state index >= 15 is 0 Å². The van der Waals surface area contributed by atoms with Crippen molar-refractivity contribution in [2.24, 2.45) is 5.92 Å². The Hall–Kier alpha value is -1.63. The van der Waals surface area contributed by atoms with Gasteiger partial charge in [0.05, 0.1) is 24.9 Å². The summed E-state index contributed by atoms with van der Waals surface area (Å²) in [7, 11) is -4.81. The van der Waals surface area contributed by atoms with E-state index in [9.17, 15) is 29.5 Å². The molecular weight excluding hydrogens is 679 g/mol. The lowest BCUT2D eigenvalue weighted by atomic mass is 9.87. The number of phosphoric acid groups is 1. The highest BCUT2D eigenvalue weighted by molar-refractivity contribution is 7.46. The van der Waals surface area contributed by atoms with Crippen LogP contribution in [0.25, 0.3) is 0 Å². The first-order chi connectivity index (χ1) is 24.4. The molecule has 1 fully saturated rings. The minimum atomic E-state index is -4.81. The zero-order valence-electron chi connectivity index (χ0n) is 31.3. The van der Waals surface area contributed by atoms with Crippen molar-refractivity contribution in [2.75, 3.05) is 13.2 Å². The first kappa shape index (κ1) is 47.4. The number of phosphoric ester groups is 1. The van der Waals surface area contributed by atoms with Gasteiger partial charge < -0.3 is 39.3 Å². The number of carbonyl (C=O) groups is 2. The molecule has 0 aromatic carbocycles. The number of carbonyl (C=O) groups excluding carboxylic acids is 2. The largest absolute Gasteiger partial charge is 0.469 e. The van der Waals surface area contributed by atoms with E-state index in [-0.39, 0.29) is 31.8 Å². The number of unbranched alkanes of at least 4 members (excludes halogenated alkanes) is 14. The second-order valence-electron chi connectivity index (χ2n) is 13.8. The molecule has 1 rings (SSSR count). The molecule has 12 nitrogen and oxygen atoms in total. The average Bonchev–Trinajstić information content (AvgIpc) is 3.07. The summed E-state index contributed by atoms with van der Waals surface area (Å²) in [4.78, 5) is 42.9. The quantitative estimate of drug-likeness (QED) is 0.0206. The minimum Gasteiger partial charge on any atom is -0.462 e. The van der Waals surface area contributed by atoms with Crippen LogP contribution in [0.4, 0.5) is 0 Å². The average molecular weight is 749 g/mol. The van der Waals surface area contributed by atoms with Crippen molar-refractivity contribution >= 4 is 19.8 Å². The van der Waals surface area contributed by atoms with E-state index in [4.69, 9.17) is 24.0 Å². The summed E-state index contributed by atoms with van der Waals surface area (Å²) in [6.07, 6.45) is 22.4. The molecule has 0 saturated carbocycles. The molecule has 1 saturated heterocycles. The van der Waals surface area contributed by atoms with Gasteiger partial charge in [0.1, 0.15) is 6.61 Å². The van der Waals surface area contributed by atoms with Crippen LogP contribution in [0, 0.1) is 5.92 Å². The van der Waals surface area contributed by atoms with Gasteiger partial charge in [-0.2, -0.15) is 0 Å². The first-order valence-electron chi connectivity index (χ1n) is 19.5. The molecule has 1 heterocycles. The van der Waals surface area contributed by atoms with E-state index in [0.717, 1.165) is 38.5 Å². The third-order valence-electron chi connectivity index (χ3n) is 9.02. The highest BCUT2D eigenvalue weighted by atomic mass is 31.2. The zero-order chi connectivity index (χ0) is 37.7. The fourth-order valence-corrected chi connectivity index (χ4v) is 6.36. The Bertz CT molecular complexity index is 999. The van der Waals surface area contributed by atoms with Gasteiger partial charge in [-0.3, -0.25) is 14.1 Å². The monoisotopic (exact) mass is 748 g/mol. The summed E-state index contributed by atoms with van der Waals surface area (Å²) in [5.74, 6) is -1.38. The lowest BCUT2D eigenvalue weighted by Gasteiger charge is -2.36. The van der Waals surface area contributed by atoms with Crippen LogP contribution in [0.2, 0.25) is 0 Å². The normalized spacial score (nSPS) is 20.9. The molecule has 298 valence electrons. The van der Waals surface area contributed by atoms with Gasteiger partial charge in [-0.1, -0.05) is 128 Å². The molecular formula is C38H69O12P. The first-order valence-corrected chi connectivity index (χ1v) is 21.1. The molecule has 1 unspecified atom stereocenters. The molecule has 13 heteroatoms. The van der Waals surface area contributed by atoms with Crippen LogP contribution >= 0.6 is 7.82 Å². The third kappa shape index (κ3) is 26.7. The predicted octanol–water partition coefficient (Wildman–Crippen LogP) is 7.34. The van der Waals surface area contributed by atoms with Crippen molar-refractivity contribution in [3.63, 3.8) is 0 Å². The van der Waals surface area contributed by atoms with E-state index in [2.05, 4.69) is 18.4 Å². The predicted molar refractivity (Wildman–Crippen MR) is 196 cm³/mol. The fraction of sp³-hybridized carbons (Fsp3) is 0.842. The summed E-state index contributed by atoms with van der Waals surface area (Å²) in [5, 5.41) is 30.8. The number of ether oxygens (including phenoxy) is 3. The lowest BCUT2D eigenvalue weighted by molar-refractivity contribution is -0.199. The van der Waals surface area contributed by atoms with E-state index in [1.54, 1.807) is 12.2 Å². The number of hydrogen-bond donors (Lipinski definition) is 5. The zero-order valence-corrected chi connectivity index (χ0v) is 32.2. The molecule has 0 bridgehead atoms. The molecule has 0 amide bonds. The van der Waals surface area contributed by atoms with Crippen LogP contribution in [0.1, 0.15) is 155 Å². The highest BCUT2D eigenvalue weighted by Crippen LogP contribution is 2.36. The maximum absolute atomic E-state index is 12.4. The summed E-state index contributed by atoms with van der Waals surface area (Å²) in [6.45, 7) is 3.33. The van der Waals surface area contributed by atoms with Gasteiger partial charge >= 0.3 is 19.8 Å². The topological polar surface area (TPSA) is 189 Å². The van der Waals surface area contributed by atoms with Gasteiger partial charge in [0.15, 0.2) is 12.4 Å². The maximum Gasteiger partial charge on any atom is 0.469 e. The number of rotatable bonds is 31. The van der Waals surface area contributed by atoms with Gasteiger partial charge in [-0.25, -0.2) is 4.57 Å². The summed E-state index contributed by atoms with van der Waals surface area (Å²) in [5.41, 5.74) is 0. The number of allylic oxidation sites excluding steroid dienone is 2. The molecule has 6 atom stereocenters. The van der Waals surface area contributed by atoms with Crippen LogP contribution in [-0.2, 0) is 32.9 Å². The van der Waals surface area contributed by atoms with Crippen molar-refractivity contribution in [3.8, 4) is 0 Å². The van der Waals surface area contributed by atoms with Crippen molar-refractivity contribution < 1.29 is 58.0 Å². The second kappa shape index (κ2) is 29.8. The SMILES string of the molecule is CCCCCCCCCCCCCCC(=O)O[C@H](COC(=O)CCC/C=C\C[C@H]1[C@@H](O)CC(O)O[C@@H]1/C=C/[C@@H](O)CCCCC)COP(=O)(O)O. The van der Waals surface area contributed by atoms with Crippen LogP contribution < -0.4 is 0 Å². The second-order valence-corrected chi connectivity index (χ2v) is 15.0. The molecule has 0 aromatic heterocycles. The van der Waals surface area contributed by atoms with Crippen LogP contribution in [0.5, 0.6) is 0 Å². The molecule has 0 aromatic rings. The molecule has 0 radical (unpaired) electrons. The van der Waals surface area contributed by atoms with Gasteiger partial charge in [-0.15, -0.1) is 0 Å². The Morgan fingerprint density at radius 1 is 0.804 bits per heavy atom.